The third-order valence-electron chi connectivity index (χ3n) is 6.73. The lowest BCUT2D eigenvalue weighted by Crippen LogP contribution is -2.51. The van der Waals surface area contributed by atoms with Crippen LogP contribution in [0.3, 0.4) is 0 Å². The molecule has 2 atom stereocenters. The second kappa shape index (κ2) is 7.74. The molecule has 6 nitrogen and oxygen atoms in total. The number of pyridine rings is 1. The van der Waals surface area contributed by atoms with Crippen LogP contribution in [0.1, 0.15) is 30.4 Å². The van der Waals surface area contributed by atoms with Gasteiger partial charge < -0.3 is 9.80 Å². The first-order chi connectivity index (χ1) is 14.6. The Hall–Kier alpha value is -2.89. The molecular formula is C24H29N5O. The van der Waals surface area contributed by atoms with E-state index in [0.29, 0.717) is 11.9 Å². The highest BCUT2D eigenvalue weighted by atomic mass is 16.2. The van der Waals surface area contributed by atoms with Gasteiger partial charge >= 0.3 is 0 Å². The Morgan fingerprint density at radius 1 is 1.13 bits per heavy atom. The number of para-hydroxylation sites is 1. The number of rotatable bonds is 5. The fourth-order valence-corrected chi connectivity index (χ4v) is 5.16. The highest BCUT2D eigenvalue weighted by molar-refractivity contribution is 5.82. The Morgan fingerprint density at radius 3 is 2.87 bits per heavy atom. The summed E-state index contributed by atoms with van der Waals surface area (Å²) < 4.78 is 1.96. The van der Waals surface area contributed by atoms with Crippen molar-refractivity contribution < 1.29 is 4.79 Å². The predicted octanol–water partition coefficient (Wildman–Crippen LogP) is 3.34. The molecule has 2 aliphatic rings. The monoisotopic (exact) mass is 403 g/mol. The summed E-state index contributed by atoms with van der Waals surface area (Å²) in [6.07, 6.45) is 7.80. The van der Waals surface area contributed by atoms with Gasteiger partial charge in [0.1, 0.15) is 5.82 Å². The van der Waals surface area contributed by atoms with Crippen molar-refractivity contribution in [3.63, 3.8) is 0 Å². The average molecular weight is 404 g/mol. The van der Waals surface area contributed by atoms with Crippen molar-refractivity contribution in [3.8, 4) is 0 Å². The van der Waals surface area contributed by atoms with E-state index in [1.54, 1.807) is 0 Å². The van der Waals surface area contributed by atoms with Gasteiger partial charge in [0.25, 0.3) is 0 Å². The number of hydrogen-bond acceptors (Lipinski definition) is 4. The number of fused-ring (bicyclic) bond motifs is 2. The summed E-state index contributed by atoms with van der Waals surface area (Å²) in [4.78, 5) is 22.0. The minimum Gasteiger partial charge on any atom is -0.353 e. The topological polar surface area (TPSA) is 54.3 Å². The maximum atomic E-state index is 13.0. The summed E-state index contributed by atoms with van der Waals surface area (Å²) >= 11 is 0. The number of benzene rings is 1. The van der Waals surface area contributed by atoms with Gasteiger partial charge in [-0.25, -0.2) is 4.98 Å². The first kappa shape index (κ1) is 19.1. The largest absolute Gasteiger partial charge is 0.353 e. The van der Waals surface area contributed by atoms with Gasteiger partial charge in [0.05, 0.1) is 17.8 Å². The van der Waals surface area contributed by atoms with E-state index in [9.17, 15) is 4.79 Å². The lowest BCUT2D eigenvalue weighted by molar-refractivity contribution is -0.132. The molecule has 1 amide bonds. The molecule has 2 fully saturated rings. The van der Waals surface area contributed by atoms with Gasteiger partial charge in [0.15, 0.2) is 0 Å². The summed E-state index contributed by atoms with van der Waals surface area (Å²) in [5.74, 6) is 1.54. The molecule has 0 aliphatic carbocycles. The number of aromatic nitrogens is 3. The van der Waals surface area contributed by atoms with E-state index in [1.165, 1.54) is 22.0 Å². The Bertz CT molecular complexity index is 1060. The molecule has 6 heteroatoms. The summed E-state index contributed by atoms with van der Waals surface area (Å²) in [6, 6.07) is 10.9. The molecule has 4 heterocycles. The van der Waals surface area contributed by atoms with E-state index < -0.39 is 0 Å². The van der Waals surface area contributed by atoms with Crippen LogP contribution in [0.25, 0.3) is 10.9 Å². The number of amides is 1. The zero-order valence-corrected chi connectivity index (χ0v) is 17.8. The number of nitrogens with zero attached hydrogens (tertiary/aromatic N) is 5. The number of carbonyl (C=O) groups excluding carboxylic acids is 1. The van der Waals surface area contributed by atoms with E-state index in [1.807, 2.05) is 24.1 Å². The van der Waals surface area contributed by atoms with Crippen molar-refractivity contribution in [2.75, 3.05) is 24.5 Å². The highest BCUT2D eigenvalue weighted by Crippen LogP contribution is 2.32. The minimum absolute atomic E-state index is 0.159. The molecule has 0 N–H and O–H groups in total. The molecule has 0 bridgehead atoms. The second-order valence-corrected chi connectivity index (χ2v) is 8.77. The number of hydrogen-bond donors (Lipinski definition) is 0. The van der Waals surface area contributed by atoms with E-state index >= 15 is 0 Å². The molecule has 3 aromatic rings. The molecule has 0 radical (unpaired) electrons. The number of aryl methyl sites for hydroxylation is 3. The summed E-state index contributed by atoms with van der Waals surface area (Å²) in [7, 11) is 2.00. The van der Waals surface area contributed by atoms with Crippen LogP contribution >= 0.6 is 0 Å². The SMILES string of the molecule is Cc1ccc(N2CCN3C(=O)[C@@H](CCCc4cccc5cnn(C)c45)C[C@H]3C2)nc1. The number of anilines is 1. The van der Waals surface area contributed by atoms with Crippen LogP contribution in [-0.2, 0) is 18.3 Å². The van der Waals surface area contributed by atoms with Crippen LogP contribution in [0.2, 0.25) is 0 Å². The van der Waals surface area contributed by atoms with Crippen molar-refractivity contribution in [2.24, 2.45) is 13.0 Å². The van der Waals surface area contributed by atoms with Gasteiger partial charge in [0, 0.05) is 44.2 Å². The zero-order chi connectivity index (χ0) is 20.7. The molecule has 2 saturated heterocycles. The van der Waals surface area contributed by atoms with Crippen LogP contribution in [0.4, 0.5) is 5.82 Å². The van der Waals surface area contributed by atoms with Crippen molar-refractivity contribution in [1.29, 1.82) is 0 Å². The van der Waals surface area contributed by atoms with Gasteiger partial charge in [-0.15, -0.1) is 0 Å². The third kappa shape index (κ3) is 3.44. The molecule has 1 aromatic carbocycles. The van der Waals surface area contributed by atoms with E-state index in [2.05, 4.69) is 57.1 Å². The molecule has 2 aliphatic heterocycles. The molecule has 0 spiro atoms. The van der Waals surface area contributed by atoms with Gasteiger partial charge in [-0.05, 0) is 49.8 Å². The predicted molar refractivity (Wildman–Crippen MR) is 118 cm³/mol. The van der Waals surface area contributed by atoms with Gasteiger partial charge in [-0.2, -0.15) is 5.10 Å². The van der Waals surface area contributed by atoms with Crippen molar-refractivity contribution >= 4 is 22.6 Å². The first-order valence-corrected chi connectivity index (χ1v) is 11.0. The fourth-order valence-electron chi connectivity index (χ4n) is 5.16. The lowest BCUT2D eigenvalue weighted by Gasteiger charge is -2.38. The maximum Gasteiger partial charge on any atom is 0.226 e. The van der Waals surface area contributed by atoms with E-state index in [0.717, 1.165) is 51.1 Å². The van der Waals surface area contributed by atoms with Crippen LogP contribution in [-0.4, -0.2) is 51.2 Å². The maximum absolute atomic E-state index is 13.0. The standard InChI is InChI=1S/C24H29N5O/c1-17-9-10-22(25-14-17)28-11-12-29-21(16-28)13-19(24(29)30)7-3-5-18-6-4-8-20-15-26-27(2)23(18)20/h4,6,8-10,14-15,19,21H,3,5,7,11-13,16H2,1-2H3/t19-,21-/m0/s1. The quantitative estimate of drug-likeness (QED) is 0.656. The second-order valence-electron chi connectivity index (χ2n) is 8.77. The van der Waals surface area contributed by atoms with E-state index in [4.69, 9.17) is 0 Å². The molecule has 30 heavy (non-hydrogen) atoms. The number of carbonyl (C=O) groups is 1. The van der Waals surface area contributed by atoms with Crippen molar-refractivity contribution in [3.05, 3.63) is 53.9 Å². The summed E-state index contributed by atoms with van der Waals surface area (Å²) in [5, 5.41) is 5.57. The molecule has 0 saturated carbocycles. The van der Waals surface area contributed by atoms with Crippen LogP contribution in [0.5, 0.6) is 0 Å². The Labute approximate surface area is 177 Å². The molecule has 5 rings (SSSR count). The fraction of sp³-hybridized carbons (Fsp3) is 0.458. The molecule has 156 valence electrons. The van der Waals surface area contributed by atoms with E-state index in [-0.39, 0.29) is 5.92 Å². The van der Waals surface area contributed by atoms with Crippen molar-refractivity contribution in [1.82, 2.24) is 19.7 Å². The molecule has 0 unspecified atom stereocenters. The Morgan fingerprint density at radius 2 is 2.03 bits per heavy atom. The normalized spacial score (nSPS) is 21.5. The third-order valence-corrected chi connectivity index (χ3v) is 6.73. The van der Waals surface area contributed by atoms with Crippen molar-refractivity contribution in [2.45, 2.75) is 38.6 Å². The first-order valence-electron chi connectivity index (χ1n) is 11.0. The van der Waals surface area contributed by atoms with Gasteiger partial charge in [-0.3, -0.25) is 9.48 Å². The average Bonchev–Trinajstić information content (AvgIpc) is 3.29. The molecule has 2 aromatic heterocycles. The minimum atomic E-state index is 0.159. The van der Waals surface area contributed by atoms with Crippen LogP contribution in [0.15, 0.2) is 42.7 Å². The van der Waals surface area contributed by atoms with Crippen LogP contribution in [0, 0.1) is 12.8 Å². The summed E-state index contributed by atoms with van der Waals surface area (Å²) in [5.41, 5.74) is 3.72. The highest BCUT2D eigenvalue weighted by Gasteiger charge is 2.42. The Balaban J connectivity index is 1.20. The zero-order valence-electron chi connectivity index (χ0n) is 17.8. The van der Waals surface area contributed by atoms with Gasteiger partial charge in [0.2, 0.25) is 5.91 Å². The Kier molecular flexibility index (Phi) is 4.93. The molecular weight excluding hydrogens is 374 g/mol. The van der Waals surface area contributed by atoms with Gasteiger partial charge in [-0.1, -0.05) is 24.3 Å². The summed E-state index contributed by atoms with van der Waals surface area (Å²) in [6.45, 7) is 4.63. The number of piperazine rings is 1. The van der Waals surface area contributed by atoms with Crippen LogP contribution < -0.4 is 4.90 Å². The smallest absolute Gasteiger partial charge is 0.226 e. The lowest BCUT2D eigenvalue weighted by atomic mass is 9.96.